The predicted octanol–water partition coefficient (Wildman–Crippen LogP) is 4.96. The van der Waals surface area contributed by atoms with Crippen molar-refractivity contribution in [3.63, 3.8) is 0 Å². The molecule has 0 fully saturated rings. The third-order valence-electron chi connectivity index (χ3n) is 4.77. The van der Waals surface area contributed by atoms with Gasteiger partial charge in [0.25, 0.3) is 0 Å². The first kappa shape index (κ1) is 23.5. The van der Waals surface area contributed by atoms with E-state index in [0.717, 1.165) is 10.9 Å². The Labute approximate surface area is 192 Å². The lowest BCUT2D eigenvalue weighted by molar-refractivity contribution is -0.113. The van der Waals surface area contributed by atoms with Crippen LogP contribution in [0.3, 0.4) is 0 Å². The molecular weight excluding hydrogens is 454 g/mol. The fraction of sp³-hybridized carbons (Fsp3) is 0.273. The topological polar surface area (TPSA) is 79.4 Å². The van der Waals surface area contributed by atoms with Crippen LogP contribution in [0.5, 0.6) is 0 Å². The third kappa shape index (κ3) is 5.57. The summed E-state index contributed by atoms with van der Waals surface area (Å²) in [5.74, 6) is 0.0336. The van der Waals surface area contributed by atoms with E-state index in [1.807, 2.05) is 26.8 Å². The average molecular weight is 478 g/mol. The van der Waals surface area contributed by atoms with E-state index in [1.165, 1.54) is 16.1 Å². The average Bonchev–Trinajstić information content (AvgIpc) is 2.73. The first-order valence-corrected chi connectivity index (χ1v) is 12.6. The van der Waals surface area contributed by atoms with Gasteiger partial charge in [-0.1, -0.05) is 43.3 Å². The number of nitrogens with zero attached hydrogens (tertiary/aromatic N) is 2. The number of fused-ring (bicyclic) bond motifs is 1. The molecule has 6 nitrogen and oxygen atoms in total. The number of nitrogens with one attached hydrogen (secondary N) is 1. The first-order chi connectivity index (χ1) is 14.7. The molecule has 0 saturated carbocycles. The zero-order chi connectivity index (χ0) is 22.6. The number of hydrogen-bond acceptors (Lipinski definition) is 5. The minimum absolute atomic E-state index is 0.160. The number of benzene rings is 2. The summed E-state index contributed by atoms with van der Waals surface area (Å²) < 4.78 is 27.1. The second-order valence-electron chi connectivity index (χ2n) is 6.89. The summed E-state index contributed by atoms with van der Waals surface area (Å²) in [4.78, 5) is 17.1. The highest BCUT2D eigenvalue weighted by Gasteiger charge is 2.22. The largest absolute Gasteiger partial charge is 0.325 e. The summed E-state index contributed by atoms with van der Waals surface area (Å²) in [7, 11) is -3.54. The lowest BCUT2D eigenvalue weighted by atomic mass is 10.1. The molecule has 31 heavy (non-hydrogen) atoms. The number of anilines is 1. The minimum Gasteiger partial charge on any atom is -0.325 e. The van der Waals surface area contributed by atoms with E-state index in [-0.39, 0.29) is 16.6 Å². The van der Waals surface area contributed by atoms with Gasteiger partial charge in [-0.25, -0.2) is 13.4 Å². The van der Waals surface area contributed by atoms with Gasteiger partial charge >= 0.3 is 0 Å². The molecule has 1 N–H and O–H groups in total. The number of aromatic nitrogens is 1. The summed E-state index contributed by atoms with van der Waals surface area (Å²) >= 11 is 7.26. The minimum atomic E-state index is -3.54. The lowest BCUT2D eigenvalue weighted by Crippen LogP contribution is -2.30. The van der Waals surface area contributed by atoms with Crippen LogP contribution in [0.25, 0.3) is 10.9 Å². The van der Waals surface area contributed by atoms with Crippen LogP contribution in [-0.4, -0.2) is 42.5 Å². The van der Waals surface area contributed by atoms with Gasteiger partial charge in [-0.2, -0.15) is 4.31 Å². The number of aryl methyl sites for hydroxylation is 1. The number of thioether (sulfide) groups is 1. The molecule has 0 unspecified atom stereocenters. The Balaban J connectivity index is 1.77. The quantitative estimate of drug-likeness (QED) is 0.464. The van der Waals surface area contributed by atoms with Crippen LogP contribution in [0.15, 0.2) is 58.5 Å². The van der Waals surface area contributed by atoms with Crippen molar-refractivity contribution in [3.8, 4) is 0 Å². The zero-order valence-corrected chi connectivity index (χ0v) is 19.9. The maximum Gasteiger partial charge on any atom is 0.243 e. The van der Waals surface area contributed by atoms with Gasteiger partial charge < -0.3 is 5.32 Å². The number of pyridine rings is 1. The molecule has 0 aliphatic rings. The lowest BCUT2D eigenvalue weighted by Gasteiger charge is -2.19. The maximum atomic E-state index is 12.8. The number of hydrogen-bond donors (Lipinski definition) is 1. The first-order valence-electron chi connectivity index (χ1n) is 9.84. The summed E-state index contributed by atoms with van der Waals surface area (Å²) in [5.41, 5.74) is 2.23. The molecule has 3 aromatic rings. The Hall–Kier alpha value is -2.13. The van der Waals surface area contributed by atoms with Gasteiger partial charge in [-0.15, -0.1) is 0 Å². The predicted molar refractivity (Wildman–Crippen MR) is 127 cm³/mol. The second-order valence-corrected chi connectivity index (χ2v) is 10.3. The summed E-state index contributed by atoms with van der Waals surface area (Å²) in [6.45, 7) is 6.39. The molecular formula is C22H24ClN3O3S2. The number of rotatable bonds is 8. The van der Waals surface area contributed by atoms with Crippen molar-refractivity contribution in [3.05, 3.63) is 59.1 Å². The van der Waals surface area contributed by atoms with Crippen LogP contribution in [0.1, 0.15) is 19.4 Å². The molecule has 3 rings (SSSR count). The van der Waals surface area contributed by atoms with Crippen LogP contribution < -0.4 is 5.32 Å². The van der Waals surface area contributed by atoms with E-state index in [1.54, 1.807) is 42.5 Å². The molecule has 1 aromatic heterocycles. The number of amides is 1. The van der Waals surface area contributed by atoms with Crippen LogP contribution >= 0.6 is 23.4 Å². The zero-order valence-electron chi connectivity index (χ0n) is 17.6. The highest BCUT2D eigenvalue weighted by Crippen LogP contribution is 2.27. The Morgan fingerprint density at radius 3 is 2.55 bits per heavy atom. The second kappa shape index (κ2) is 9.99. The highest BCUT2D eigenvalue weighted by atomic mass is 35.5. The van der Waals surface area contributed by atoms with Crippen LogP contribution in [0, 0.1) is 6.92 Å². The van der Waals surface area contributed by atoms with Crippen molar-refractivity contribution in [2.75, 3.05) is 24.2 Å². The van der Waals surface area contributed by atoms with Gasteiger partial charge in [-0.05, 0) is 55.0 Å². The molecule has 0 spiro atoms. The van der Waals surface area contributed by atoms with Gasteiger partial charge in [0.15, 0.2) is 0 Å². The van der Waals surface area contributed by atoms with Crippen molar-refractivity contribution in [1.29, 1.82) is 0 Å². The molecule has 0 radical (unpaired) electrons. The Morgan fingerprint density at radius 1 is 1.13 bits per heavy atom. The maximum absolute atomic E-state index is 12.8. The molecule has 0 saturated heterocycles. The molecule has 2 aromatic carbocycles. The summed E-state index contributed by atoms with van der Waals surface area (Å²) in [6.07, 6.45) is 0. The summed E-state index contributed by atoms with van der Waals surface area (Å²) in [6, 6.07) is 13.8. The molecule has 0 aliphatic carbocycles. The van der Waals surface area contributed by atoms with E-state index in [0.29, 0.717) is 34.3 Å². The Bertz CT molecular complexity index is 1210. The van der Waals surface area contributed by atoms with E-state index < -0.39 is 10.0 Å². The van der Waals surface area contributed by atoms with E-state index in [2.05, 4.69) is 10.3 Å². The van der Waals surface area contributed by atoms with Crippen molar-refractivity contribution in [2.45, 2.75) is 30.7 Å². The van der Waals surface area contributed by atoms with Crippen LogP contribution in [0.2, 0.25) is 5.02 Å². The summed E-state index contributed by atoms with van der Waals surface area (Å²) in [5, 5.41) is 4.84. The number of sulfonamides is 1. The molecule has 1 amide bonds. The van der Waals surface area contributed by atoms with Crippen molar-refractivity contribution >= 4 is 55.9 Å². The SMILES string of the molecule is CCN(CC)S(=O)(=O)c1ccc2nc(SCC(=O)Nc3cccc(Cl)c3)cc(C)c2c1. The van der Waals surface area contributed by atoms with Crippen LogP contribution in [-0.2, 0) is 14.8 Å². The Kier molecular flexibility index (Phi) is 7.59. The van der Waals surface area contributed by atoms with Crippen molar-refractivity contribution in [1.82, 2.24) is 9.29 Å². The Morgan fingerprint density at radius 2 is 1.87 bits per heavy atom. The molecule has 0 bridgehead atoms. The molecule has 0 atom stereocenters. The van der Waals surface area contributed by atoms with Gasteiger partial charge in [0.05, 0.1) is 21.2 Å². The van der Waals surface area contributed by atoms with E-state index in [4.69, 9.17) is 11.6 Å². The van der Waals surface area contributed by atoms with Crippen LogP contribution in [0.4, 0.5) is 5.69 Å². The highest BCUT2D eigenvalue weighted by molar-refractivity contribution is 7.99. The standard InChI is InChI=1S/C22H24ClN3O3S2/c1-4-26(5-2)31(28,29)18-9-10-20-19(13-18)15(3)11-22(25-20)30-14-21(27)24-17-8-6-7-16(23)12-17/h6-13H,4-5,14H2,1-3H3,(H,24,27). The van der Waals surface area contributed by atoms with Crippen molar-refractivity contribution in [2.24, 2.45) is 0 Å². The smallest absolute Gasteiger partial charge is 0.243 e. The molecule has 9 heteroatoms. The van der Waals surface area contributed by atoms with E-state index >= 15 is 0 Å². The van der Waals surface area contributed by atoms with Gasteiger partial charge in [0, 0.05) is 29.2 Å². The van der Waals surface area contributed by atoms with Gasteiger partial charge in [-0.3, -0.25) is 4.79 Å². The normalized spacial score (nSPS) is 11.8. The van der Waals surface area contributed by atoms with Crippen molar-refractivity contribution < 1.29 is 13.2 Å². The number of carbonyl (C=O) groups is 1. The fourth-order valence-corrected chi connectivity index (χ4v) is 5.64. The fourth-order valence-electron chi connectivity index (χ4n) is 3.19. The van der Waals surface area contributed by atoms with E-state index in [9.17, 15) is 13.2 Å². The van der Waals surface area contributed by atoms with Gasteiger partial charge in [0.2, 0.25) is 15.9 Å². The molecule has 1 heterocycles. The third-order valence-corrected chi connectivity index (χ3v) is 7.96. The number of halogens is 1. The van der Waals surface area contributed by atoms with Gasteiger partial charge in [0.1, 0.15) is 0 Å². The molecule has 164 valence electrons. The monoisotopic (exact) mass is 477 g/mol. The number of carbonyl (C=O) groups excluding carboxylic acids is 1. The molecule has 0 aliphatic heterocycles.